The van der Waals surface area contributed by atoms with Gasteiger partial charge in [-0.1, -0.05) is 19.3 Å². The summed E-state index contributed by atoms with van der Waals surface area (Å²) in [7, 11) is 0. The number of halogens is 3. The van der Waals surface area contributed by atoms with Gasteiger partial charge < -0.3 is 10.6 Å². The number of nitrogens with zero attached hydrogens (tertiary/aromatic N) is 1. The number of carbonyl (C=O) groups is 1. The Balaban J connectivity index is 1.89. The lowest BCUT2D eigenvalue weighted by Gasteiger charge is -2.20. The minimum Gasteiger partial charge on any atom is -0.378 e. The molecular formula is C16H20F3N3O3. The molecule has 2 rings (SSSR count). The van der Waals surface area contributed by atoms with Gasteiger partial charge in [0.05, 0.1) is 10.5 Å². The highest BCUT2D eigenvalue weighted by Gasteiger charge is 2.33. The van der Waals surface area contributed by atoms with Crippen molar-refractivity contribution in [3.63, 3.8) is 0 Å². The maximum atomic E-state index is 12.6. The second-order valence-corrected chi connectivity index (χ2v) is 6.04. The standard InChI is InChI=1S/C16H20F3N3O3/c17-16(18,19)12-6-7-13(14(10-12)22(24)25)20-8-9-21-15(23)11-4-2-1-3-5-11/h6-7,10-11,20H,1-5,8-9H2,(H,21,23). The molecule has 0 heterocycles. The Morgan fingerprint density at radius 3 is 2.48 bits per heavy atom. The first-order chi connectivity index (χ1) is 11.8. The van der Waals surface area contributed by atoms with Crippen molar-refractivity contribution < 1.29 is 22.9 Å². The molecule has 0 saturated heterocycles. The molecule has 25 heavy (non-hydrogen) atoms. The van der Waals surface area contributed by atoms with Gasteiger partial charge in [0.2, 0.25) is 5.91 Å². The number of nitro benzene ring substituents is 1. The molecule has 0 atom stereocenters. The third-order valence-corrected chi connectivity index (χ3v) is 4.24. The molecule has 0 bridgehead atoms. The van der Waals surface area contributed by atoms with Crippen molar-refractivity contribution >= 4 is 17.3 Å². The van der Waals surface area contributed by atoms with Gasteiger partial charge >= 0.3 is 6.18 Å². The lowest BCUT2D eigenvalue weighted by Crippen LogP contribution is -2.35. The summed E-state index contributed by atoms with van der Waals surface area (Å²) in [5.41, 5.74) is -1.73. The maximum Gasteiger partial charge on any atom is 0.416 e. The fraction of sp³-hybridized carbons (Fsp3) is 0.562. The van der Waals surface area contributed by atoms with E-state index in [-0.39, 0.29) is 30.6 Å². The first-order valence-electron chi connectivity index (χ1n) is 8.16. The fourth-order valence-corrected chi connectivity index (χ4v) is 2.90. The van der Waals surface area contributed by atoms with Crippen LogP contribution in [0, 0.1) is 16.0 Å². The lowest BCUT2D eigenvalue weighted by atomic mass is 9.89. The summed E-state index contributed by atoms with van der Waals surface area (Å²) < 4.78 is 37.9. The van der Waals surface area contributed by atoms with Crippen LogP contribution in [-0.4, -0.2) is 23.9 Å². The van der Waals surface area contributed by atoms with Crippen LogP contribution in [0.5, 0.6) is 0 Å². The molecule has 9 heteroatoms. The maximum absolute atomic E-state index is 12.6. The quantitative estimate of drug-likeness (QED) is 0.461. The Kier molecular flexibility index (Phi) is 6.22. The van der Waals surface area contributed by atoms with E-state index in [0.717, 1.165) is 44.2 Å². The van der Waals surface area contributed by atoms with Crippen molar-refractivity contribution in [2.45, 2.75) is 38.3 Å². The van der Waals surface area contributed by atoms with Crippen molar-refractivity contribution in [2.75, 3.05) is 18.4 Å². The number of hydrogen-bond acceptors (Lipinski definition) is 4. The van der Waals surface area contributed by atoms with Gasteiger partial charge in [-0.25, -0.2) is 0 Å². The smallest absolute Gasteiger partial charge is 0.378 e. The largest absolute Gasteiger partial charge is 0.416 e. The van der Waals surface area contributed by atoms with Crippen LogP contribution in [0.3, 0.4) is 0 Å². The minimum absolute atomic E-state index is 0.00848. The topological polar surface area (TPSA) is 84.3 Å². The molecule has 6 nitrogen and oxygen atoms in total. The van der Waals surface area contributed by atoms with E-state index >= 15 is 0 Å². The molecule has 1 aromatic carbocycles. The van der Waals surface area contributed by atoms with Crippen LogP contribution in [0.4, 0.5) is 24.5 Å². The Bertz CT molecular complexity index is 629. The summed E-state index contributed by atoms with van der Waals surface area (Å²) in [6.45, 7) is 0.429. The van der Waals surface area contributed by atoms with Crippen LogP contribution in [0.1, 0.15) is 37.7 Å². The first kappa shape index (κ1) is 19.0. The van der Waals surface area contributed by atoms with Gasteiger partial charge in [-0.05, 0) is 25.0 Å². The monoisotopic (exact) mass is 359 g/mol. The van der Waals surface area contributed by atoms with E-state index in [1.807, 2.05) is 0 Å². The van der Waals surface area contributed by atoms with E-state index in [1.54, 1.807) is 0 Å². The van der Waals surface area contributed by atoms with Crippen LogP contribution in [0.15, 0.2) is 18.2 Å². The third kappa shape index (κ3) is 5.33. The molecule has 1 aliphatic carbocycles. The Labute approximate surface area is 142 Å². The molecule has 0 spiro atoms. The number of rotatable bonds is 6. The van der Waals surface area contributed by atoms with Crippen LogP contribution >= 0.6 is 0 Å². The fourth-order valence-electron chi connectivity index (χ4n) is 2.90. The summed E-state index contributed by atoms with van der Waals surface area (Å²) in [5, 5.41) is 16.4. The summed E-state index contributed by atoms with van der Waals surface area (Å²) >= 11 is 0. The number of nitrogens with one attached hydrogen (secondary N) is 2. The summed E-state index contributed by atoms with van der Waals surface area (Å²) in [5.74, 6) is -0.0300. The molecule has 1 aliphatic rings. The molecule has 2 N–H and O–H groups in total. The molecule has 1 amide bonds. The minimum atomic E-state index is -4.64. The molecular weight excluding hydrogens is 339 g/mol. The van der Waals surface area contributed by atoms with Crippen molar-refractivity contribution in [3.05, 3.63) is 33.9 Å². The second-order valence-electron chi connectivity index (χ2n) is 6.04. The molecule has 138 valence electrons. The molecule has 0 radical (unpaired) electrons. The molecule has 1 aromatic rings. The summed E-state index contributed by atoms with van der Waals surface area (Å²) in [4.78, 5) is 22.1. The van der Waals surface area contributed by atoms with Gasteiger partial charge in [-0.2, -0.15) is 13.2 Å². The third-order valence-electron chi connectivity index (χ3n) is 4.24. The Morgan fingerprint density at radius 2 is 1.88 bits per heavy atom. The van der Waals surface area contributed by atoms with Crippen molar-refractivity contribution in [2.24, 2.45) is 5.92 Å². The number of anilines is 1. The van der Waals surface area contributed by atoms with Gasteiger partial charge in [-0.15, -0.1) is 0 Å². The molecule has 1 saturated carbocycles. The van der Waals surface area contributed by atoms with Gasteiger partial charge in [0.15, 0.2) is 0 Å². The summed E-state index contributed by atoms with van der Waals surface area (Å²) in [6, 6.07) is 2.32. The molecule has 0 aliphatic heterocycles. The highest BCUT2D eigenvalue weighted by molar-refractivity contribution is 5.78. The molecule has 1 fully saturated rings. The number of hydrogen-bond donors (Lipinski definition) is 2. The van der Waals surface area contributed by atoms with E-state index < -0.39 is 22.4 Å². The van der Waals surface area contributed by atoms with Crippen molar-refractivity contribution in [3.8, 4) is 0 Å². The number of amides is 1. The van der Waals surface area contributed by atoms with E-state index in [1.165, 1.54) is 0 Å². The summed E-state index contributed by atoms with van der Waals surface area (Å²) in [6.07, 6.45) is 0.301. The number of nitro groups is 1. The lowest BCUT2D eigenvalue weighted by molar-refractivity contribution is -0.384. The van der Waals surface area contributed by atoms with E-state index in [9.17, 15) is 28.1 Å². The van der Waals surface area contributed by atoms with E-state index in [4.69, 9.17) is 0 Å². The van der Waals surface area contributed by atoms with Gasteiger partial charge in [0.1, 0.15) is 5.69 Å². The van der Waals surface area contributed by atoms with Crippen LogP contribution in [-0.2, 0) is 11.0 Å². The zero-order valence-corrected chi connectivity index (χ0v) is 13.6. The highest BCUT2D eigenvalue weighted by Crippen LogP contribution is 2.34. The number of carbonyl (C=O) groups excluding carboxylic acids is 1. The van der Waals surface area contributed by atoms with Crippen molar-refractivity contribution in [1.29, 1.82) is 0 Å². The van der Waals surface area contributed by atoms with Gasteiger partial charge in [0.25, 0.3) is 5.69 Å². The normalized spacial score (nSPS) is 15.6. The Morgan fingerprint density at radius 1 is 1.20 bits per heavy atom. The van der Waals surface area contributed by atoms with E-state index in [0.29, 0.717) is 6.07 Å². The van der Waals surface area contributed by atoms with Gasteiger partial charge in [-0.3, -0.25) is 14.9 Å². The van der Waals surface area contributed by atoms with Crippen LogP contribution < -0.4 is 10.6 Å². The van der Waals surface area contributed by atoms with E-state index in [2.05, 4.69) is 10.6 Å². The molecule has 0 unspecified atom stereocenters. The van der Waals surface area contributed by atoms with Crippen LogP contribution in [0.25, 0.3) is 0 Å². The molecule has 0 aromatic heterocycles. The zero-order valence-electron chi connectivity index (χ0n) is 13.6. The van der Waals surface area contributed by atoms with Gasteiger partial charge in [0, 0.05) is 25.1 Å². The SMILES string of the molecule is O=C(NCCNc1ccc(C(F)(F)F)cc1[N+](=O)[O-])C1CCCCC1. The number of alkyl halides is 3. The second kappa shape index (κ2) is 8.17. The number of benzene rings is 1. The van der Waals surface area contributed by atoms with Crippen molar-refractivity contribution in [1.82, 2.24) is 5.32 Å². The predicted molar refractivity (Wildman–Crippen MR) is 86.2 cm³/mol. The van der Waals surface area contributed by atoms with Crippen LogP contribution in [0.2, 0.25) is 0 Å². The Hall–Kier alpha value is -2.32. The first-order valence-corrected chi connectivity index (χ1v) is 8.16. The average Bonchev–Trinajstić information content (AvgIpc) is 2.58. The zero-order chi connectivity index (χ0) is 18.4. The average molecular weight is 359 g/mol. The predicted octanol–water partition coefficient (Wildman–Crippen LogP) is 3.72. The highest BCUT2D eigenvalue weighted by atomic mass is 19.4.